The van der Waals surface area contributed by atoms with Crippen LogP contribution in [0.1, 0.15) is 141 Å². The lowest BCUT2D eigenvalue weighted by Gasteiger charge is -2.20. The molecule has 0 saturated heterocycles. The van der Waals surface area contributed by atoms with Gasteiger partial charge in [0.05, 0.1) is 19.8 Å². The van der Waals surface area contributed by atoms with Crippen LogP contribution < -0.4 is 10.1 Å². The van der Waals surface area contributed by atoms with Gasteiger partial charge < -0.3 is 14.9 Å². The minimum Gasteiger partial charge on any atom is -0.493 e. The molecule has 2 unspecified atom stereocenters. The fourth-order valence-corrected chi connectivity index (χ4v) is 6.15. The number of Topliss-reactive ketones (excluding diaryl/α,β-unsaturated/α-hetero) is 1. The molecule has 0 aliphatic rings. The molecule has 8 heteroatoms. The number of rotatable bonds is 31. The number of benzene rings is 1. The quantitative estimate of drug-likeness (QED) is 0.0627. The Morgan fingerprint density at radius 2 is 1.35 bits per heavy atom. The van der Waals surface area contributed by atoms with Crippen molar-refractivity contribution in [3.63, 3.8) is 0 Å². The Morgan fingerprint density at radius 1 is 0.791 bits per heavy atom. The minimum absolute atomic E-state index is 0.0315. The highest BCUT2D eigenvalue weighted by atomic mass is 31.2. The first-order valence-corrected chi connectivity index (χ1v) is 18.9. The number of likely N-dealkylation sites (N-methyl/N-ethyl adjacent to an activating group) is 1. The summed E-state index contributed by atoms with van der Waals surface area (Å²) in [5, 5.41) is 2.86. The van der Waals surface area contributed by atoms with Gasteiger partial charge in [0.1, 0.15) is 11.5 Å². The Hall–Kier alpha value is -1.24. The summed E-state index contributed by atoms with van der Waals surface area (Å²) in [6.45, 7) is 5.39. The van der Waals surface area contributed by atoms with E-state index in [4.69, 9.17) is 13.8 Å². The molecule has 1 aromatic rings. The topological polar surface area (TPSA) is 94.1 Å². The molecule has 1 rings (SSSR count). The fourth-order valence-electron chi connectivity index (χ4n) is 5.35. The fraction of sp³-hybridized carbons (Fsp3) is 0.800. The van der Waals surface area contributed by atoms with Gasteiger partial charge in [-0.15, -0.1) is 0 Å². The van der Waals surface area contributed by atoms with Crippen molar-refractivity contribution in [3.05, 3.63) is 29.8 Å². The third-order valence-electron chi connectivity index (χ3n) is 7.86. The SMILES string of the molecule is CCCCCCCCCCCCCCCCCCOc1ccccc1CC(COP(=O)(O)OCCNC)CC(=O)CCC. The molecule has 0 bridgehead atoms. The number of nitrogens with one attached hydrogen (secondary N) is 1. The van der Waals surface area contributed by atoms with Crippen LogP contribution in [-0.2, 0) is 24.8 Å². The van der Waals surface area contributed by atoms with Crippen LogP contribution in [0.2, 0.25) is 0 Å². The van der Waals surface area contributed by atoms with E-state index in [1.807, 2.05) is 31.2 Å². The summed E-state index contributed by atoms with van der Waals surface area (Å²) in [4.78, 5) is 22.5. The van der Waals surface area contributed by atoms with Crippen LogP contribution in [0, 0.1) is 5.92 Å². The number of ketones is 1. The van der Waals surface area contributed by atoms with Gasteiger partial charge in [0, 0.05) is 19.4 Å². The first kappa shape index (κ1) is 39.8. The van der Waals surface area contributed by atoms with Crippen molar-refractivity contribution in [1.82, 2.24) is 5.32 Å². The van der Waals surface area contributed by atoms with E-state index < -0.39 is 7.82 Å². The molecular formula is C35H64NO6P. The largest absolute Gasteiger partial charge is 0.493 e. The molecule has 0 saturated carbocycles. The molecule has 0 heterocycles. The van der Waals surface area contributed by atoms with E-state index in [0.717, 1.165) is 24.2 Å². The van der Waals surface area contributed by atoms with Crippen molar-refractivity contribution in [1.29, 1.82) is 0 Å². The summed E-state index contributed by atoms with van der Waals surface area (Å²) in [6, 6.07) is 7.88. The van der Waals surface area contributed by atoms with Crippen LogP contribution >= 0.6 is 7.82 Å². The summed E-state index contributed by atoms with van der Waals surface area (Å²) < 4.78 is 28.7. The van der Waals surface area contributed by atoms with Gasteiger partial charge in [0.15, 0.2) is 0 Å². The molecule has 250 valence electrons. The number of phosphoric acid groups is 1. The molecule has 2 atom stereocenters. The Balaban J connectivity index is 2.32. The zero-order valence-electron chi connectivity index (χ0n) is 27.8. The summed E-state index contributed by atoms with van der Waals surface area (Å²) in [6.07, 6.45) is 23.5. The highest BCUT2D eigenvalue weighted by Crippen LogP contribution is 2.43. The van der Waals surface area contributed by atoms with Gasteiger partial charge >= 0.3 is 7.82 Å². The molecular weight excluding hydrogens is 561 g/mol. The van der Waals surface area contributed by atoms with Crippen LogP contribution in [0.3, 0.4) is 0 Å². The smallest absolute Gasteiger partial charge is 0.472 e. The number of phosphoric ester groups is 1. The van der Waals surface area contributed by atoms with Crippen molar-refractivity contribution >= 4 is 13.6 Å². The highest BCUT2D eigenvalue weighted by molar-refractivity contribution is 7.47. The first-order valence-electron chi connectivity index (χ1n) is 17.4. The molecule has 0 spiro atoms. The second kappa shape index (κ2) is 27.1. The van der Waals surface area contributed by atoms with E-state index in [9.17, 15) is 14.3 Å². The standard InChI is InChI=1S/C35H64NO6P/c1-4-6-7-8-9-10-11-12-13-14-15-16-17-18-19-22-27-40-35-25-21-20-24-33(35)29-32(30-34(37)23-5-2)31-42-43(38,39)41-28-26-36-3/h20-21,24-25,32,36H,4-19,22-23,26-31H2,1-3H3,(H,38,39). The molecule has 2 N–H and O–H groups in total. The normalized spacial score (nSPS) is 13.6. The van der Waals surface area contributed by atoms with Gasteiger partial charge in [-0.2, -0.15) is 0 Å². The number of carbonyl (C=O) groups excluding carboxylic acids is 1. The monoisotopic (exact) mass is 625 g/mol. The second-order valence-electron chi connectivity index (χ2n) is 12.0. The van der Waals surface area contributed by atoms with Gasteiger partial charge in [-0.3, -0.25) is 13.8 Å². The first-order chi connectivity index (χ1) is 20.9. The summed E-state index contributed by atoms with van der Waals surface area (Å²) in [5.74, 6) is 0.702. The zero-order valence-corrected chi connectivity index (χ0v) is 28.7. The van der Waals surface area contributed by atoms with Crippen molar-refractivity contribution in [2.24, 2.45) is 5.92 Å². The molecule has 0 fully saturated rings. The number of para-hydroxylation sites is 1. The van der Waals surface area contributed by atoms with Crippen LogP contribution in [0.25, 0.3) is 0 Å². The maximum atomic E-state index is 12.5. The van der Waals surface area contributed by atoms with Gasteiger partial charge in [0.25, 0.3) is 0 Å². The lowest BCUT2D eigenvalue weighted by Crippen LogP contribution is -2.18. The molecule has 7 nitrogen and oxygen atoms in total. The number of ether oxygens (including phenoxy) is 1. The van der Waals surface area contributed by atoms with Crippen molar-refractivity contribution in [2.45, 2.75) is 142 Å². The van der Waals surface area contributed by atoms with Gasteiger partial charge in [0.2, 0.25) is 0 Å². The molecule has 1 aromatic carbocycles. The minimum atomic E-state index is -4.18. The predicted molar refractivity (Wildman–Crippen MR) is 179 cm³/mol. The van der Waals surface area contributed by atoms with Gasteiger partial charge in [-0.05, 0) is 43.9 Å². The molecule has 0 aliphatic heterocycles. The summed E-state index contributed by atoms with van der Waals surface area (Å²) in [7, 11) is -2.44. The van der Waals surface area contributed by atoms with Crippen LogP contribution in [0.4, 0.5) is 0 Å². The maximum Gasteiger partial charge on any atom is 0.472 e. The zero-order chi connectivity index (χ0) is 31.4. The number of carbonyl (C=O) groups is 1. The average molecular weight is 626 g/mol. The van der Waals surface area contributed by atoms with Crippen molar-refractivity contribution in [3.8, 4) is 5.75 Å². The van der Waals surface area contributed by atoms with E-state index >= 15 is 0 Å². The molecule has 0 aliphatic carbocycles. The summed E-state index contributed by atoms with van der Waals surface area (Å²) in [5.41, 5.74) is 0.987. The summed E-state index contributed by atoms with van der Waals surface area (Å²) >= 11 is 0. The Morgan fingerprint density at radius 3 is 1.91 bits per heavy atom. The predicted octanol–water partition coefficient (Wildman–Crippen LogP) is 9.60. The molecule has 0 amide bonds. The van der Waals surface area contributed by atoms with Crippen molar-refractivity contribution in [2.75, 3.05) is 33.4 Å². The van der Waals surface area contributed by atoms with Crippen LogP contribution in [0.5, 0.6) is 5.75 Å². The van der Waals surface area contributed by atoms with E-state index in [1.165, 1.54) is 96.3 Å². The van der Waals surface area contributed by atoms with E-state index in [0.29, 0.717) is 26.0 Å². The molecule has 43 heavy (non-hydrogen) atoms. The van der Waals surface area contributed by atoms with E-state index in [2.05, 4.69) is 12.2 Å². The van der Waals surface area contributed by atoms with Crippen LogP contribution in [-0.4, -0.2) is 44.1 Å². The van der Waals surface area contributed by atoms with Crippen LogP contribution in [0.15, 0.2) is 24.3 Å². The third-order valence-corrected chi connectivity index (χ3v) is 8.85. The number of hydrogen-bond donors (Lipinski definition) is 2. The Kier molecular flexibility index (Phi) is 25.1. The second-order valence-corrected chi connectivity index (χ2v) is 13.5. The van der Waals surface area contributed by atoms with E-state index in [1.54, 1.807) is 7.05 Å². The van der Waals surface area contributed by atoms with E-state index in [-0.39, 0.29) is 31.3 Å². The lowest BCUT2D eigenvalue weighted by molar-refractivity contribution is -0.120. The average Bonchev–Trinajstić information content (AvgIpc) is 2.98. The molecule has 0 aromatic heterocycles. The van der Waals surface area contributed by atoms with Crippen molar-refractivity contribution < 1.29 is 28.0 Å². The number of unbranched alkanes of at least 4 members (excludes halogenated alkanes) is 15. The Bertz CT molecular complexity index is 851. The van der Waals surface area contributed by atoms with Gasteiger partial charge in [-0.1, -0.05) is 128 Å². The highest BCUT2D eigenvalue weighted by Gasteiger charge is 2.25. The Labute approximate surface area is 263 Å². The third kappa shape index (κ3) is 22.9. The lowest BCUT2D eigenvalue weighted by atomic mass is 9.93. The number of hydrogen-bond acceptors (Lipinski definition) is 6. The molecule has 0 radical (unpaired) electrons. The maximum absolute atomic E-state index is 12.5. The van der Waals surface area contributed by atoms with Gasteiger partial charge in [-0.25, -0.2) is 4.57 Å².